The molecule has 0 radical (unpaired) electrons. The first kappa shape index (κ1) is 25.0. The van der Waals surface area contributed by atoms with E-state index in [4.69, 9.17) is 14.6 Å². The van der Waals surface area contributed by atoms with Crippen LogP contribution in [-0.4, -0.2) is 46.1 Å². The van der Waals surface area contributed by atoms with Crippen LogP contribution in [-0.2, 0) is 13.0 Å². The minimum atomic E-state index is -0.385. The van der Waals surface area contributed by atoms with Gasteiger partial charge in [0.05, 0.1) is 30.2 Å². The fourth-order valence-corrected chi connectivity index (χ4v) is 4.34. The normalized spacial score (nSPS) is 14.2. The Kier molecular flexibility index (Phi) is 8.61. The lowest BCUT2D eigenvalue weighted by atomic mass is 10.1. The van der Waals surface area contributed by atoms with E-state index in [1.807, 2.05) is 65.4 Å². The SMILES string of the molecule is C=CCC[C@@H](O)CN(Cc1c(CC)nn(-c2ccccc2)c1Oc1cccc(OC)c1)CC1CC1. The number of nitrogens with zero attached hydrogens (tertiary/aromatic N) is 3. The van der Waals surface area contributed by atoms with Crippen LogP contribution in [0.25, 0.3) is 5.69 Å². The van der Waals surface area contributed by atoms with Crippen LogP contribution in [0.5, 0.6) is 17.4 Å². The Morgan fingerprint density at radius 2 is 1.94 bits per heavy atom. The summed E-state index contributed by atoms with van der Waals surface area (Å²) in [5.74, 6) is 2.86. The van der Waals surface area contributed by atoms with Crippen molar-refractivity contribution in [3.8, 4) is 23.1 Å². The summed E-state index contributed by atoms with van der Waals surface area (Å²) in [6, 6.07) is 17.7. The Bertz CT molecular complexity index is 1090. The van der Waals surface area contributed by atoms with E-state index in [1.54, 1.807) is 7.11 Å². The molecule has 1 aliphatic carbocycles. The number of hydrogen-bond acceptors (Lipinski definition) is 5. The Morgan fingerprint density at radius 3 is 2.63 bits per heavy atom. The van der Waals surface area contributed by atoms with E-state index < -0.39 is 0 Å². The van der Waals surface area contributed by atoms with E-state index in [-0.39, 0.29) is 6.10 Å². The summed E-state index contributed by atoms with van der Waals surface area (Å²) in [5.41, 5.74) is 3.02. The van der Waals surface area contributed by atoms with Crippen molar-refractivity contribution in [3.63, 3.8) is 0 Å². The van der Waals surface area contributed by atoms with Gasteiger partial charge in [0.25, 0.3) is 0 Å². The summed E-state index contributed by atoms with van der Waals surface area (Å²) in [6.45, 7) is 8.20. The van der Waals surface area contributed by atoms with Crippen molar-refractivity contribution in [3.05, 3.63) is 78.5 Å². The predicted molar refractivity (Wildman–Crippen MR) is 139 cm³/mol. The maximum Gasteiger partial charge on any atom is 0.227 e. The van der Waals surface area contributed by atoms with E-state index in [9.17, 15) is 5.11 Å². The molecule has 0 unspecified atom stereocenters. The van der Waals surface area contributed by atoms with Crippen molar-refractivity contribution in [2.24, 2.45) is 5.92 Å². The van der Waals surface area contributed by atoms with Gasteiger partial charge in [-0.2, -0.15) is 5.10 Å². The fraction of sp³-hybridized carbons (Fsp3) is 0.414. The summed E-state index contributed by atoms with van der Waals surface area (Å²) >= 11 is 0. The van der Waals surface area contributed by atoms with Crippen LogP contribution in [0.4, 0.5) is 0 Å². The van der Waals surface area contributed by atoms with Crippen molar-refractivity contribution in [2.75, 3.05) is 20.2 Å². The van der Waals surface area contributed by atoms with Gasteiger partial charge in [0.15, 0.2) is 0 Å². The van der Waals surface area contributed by atoms with E-state index in [0.717, 1.165) is 48.5 Å². The number of rotatable bonds is 14. The highest BCUT2D eigenvalue weighted by Gasteiger charge is 2.28. The van der Waals surface area contributed by atoms with Gasteiger partial charge >= 0.3 is 0 Å². The topological polar surface area (TPSA) is 59.8 Å². The number of aliphatic hydroxyl groups is 1. The van der Waals surface area contributed by atoms with Gasteiger partial charge < -0.3 is 14.6 Å². The highest BCUT2D eigenvalue weighted by Crippen LogP contribution is 2.35. The molecule has 0 bridgehead atoms. The monoisotopic (exact) mass is 475 g/mol. The summed E-state index contributed by atoms with van der Waals surface area (Å²) in [5, 5.41) is 15.7. The number of methoxy groups -OCH3 is 1. The maximum absolute atomic E-state index is 10.7. The zero-order chi connectivity index (χ0) is 24.6. The van der Waals surface area contributed by atoms with Crippen LogP contribution in [0.15, 0.2) is 67.3 Å². The van der Waals surface area contributed by atoms with Crippen molar-refractivity contribution in [1.29, 1.82) is 0 Å². The molecule has 0 spiro atoms. The summed E-state index contributed by atoms with van der Waals surface area (Å²) in [6.07, 6.45) is 6.33. The summed E-state index contributed by atoms with van der Waals surface area (Å²) in [4.78, 5) is 2.37. The van der Waals surface area contributed by atoms with Crippen LogP contribution in [0.1, 0.15) is 43.9 Å². The molecule has 6 nitrogen and oxygen atoms in total. The first-order valence-corrected chi connectivity index (χ1v) is 12.6. The number of para-hydroxylation sites is 1. The van der Waals surface area contributed by atoms with Gasteiger partial charge in [-0.15, -0.1) is 6.58 Å². The first-order valence-electron chi connectivity index (χ1n) is 12.6. The molecule has 4 rings (SSSR count). The maximum atomic E-state index is 10.7. The molecule has 0 aliphatic heterocycles. The van der Waals surface area contributed by atoms with Gasteiger partial charge in [-0.25, -0.2) is 4.68 Å². The first-order chi connectivity index (χ1) is 17.1. The molecule has 0 amide bonds. The lowest BCUT2D eigenvalue weighted by molar-refractivity contribution is 0.0990. The zero-order valence-corrected chi connectivity index (χ0v) is 20.9. The van der Waals surface area contributed by atoms with Gasteiger partial charge in [0.2, 0.25) is 5.88 Å². The third-order valence-electron chi connectivity index (χ3n) is 6.38. The molecule has 0 saturated heterocycles. The van der Waals surface area contributed by atoms with Crippen LogP contribution in [0, 0.1) is 5.92 Å². The standard InChI is InChI=1S/C29H37N3O3/c1-4-6-13-24(33)20-31(19-22-16-17-22)21-27-28(5-2)30-32(23-11-8-7-9-12-23)29(27)35-26-15-10-14-25(18-26)34-3/h4,7-12,14-15,18,22,24,33H,1,5-6,13,16-17,19-21H2,2-3H3/t24-/m1/s1. The van der Waals surface area contributed by atoms with Gasteiger partial charge in [-0.05, 0) is 62.3 Å². The van der Waals surface area contributed by atoms with Gasteiger partial charge in [0, 0.05) is 25.7 Å². The molecule has 1 heterocycles. The molecular formula is C29H37N3O3. The van der Waals surface area contributed by atoms with Crippen LogP contribution >= 0.6 is 0 Å². The lowest BCUT2D eigenvalue weighted by Gasteiger charge is -2.25. The van der Waals surface area contributed by atoms with E-state index in [0.29, 0.717) is 30.6 Å². The van der Waals surface area contributed by atoms with Gasteiger partial charge in [0.1, 0.15) is 11.5 Å². The Hall–Kier alpha value is -3.09. The number of aryl methyl sites for hydroxylation is 1. The van der Waals surface area contributed by atoms with Crippen LogP contribution in [0.2, 0.25) is 0 Å². The number of aromatic nitrogens is 2. The molecule has 1 aliphatic rings. The second-order valence-electron chi connectivity index (χ2n) is 9.27. The van der Waals surface area contributed by atoms with Crippen molar-refractivity contribution in [1.82, 2.24) is 14.7 Å². The largest absolute Gasteiger partial charge is 0.497 e. The second-order valence-corrected chi connectivity index (χ2v) is 9.27. The average molecular weight is 476 g/mol. The molecule has 186 valence electrons. The fourth-order valence-electron chi connectivity index (χ4n) is 4.34. The third kappa shape index (κ3) is 6.74. The lowest BCUT2D eigenvalue weighted by Crippen LogP contribution is -2.34. The van der Waals surface area contributed by atoms with E-state index in [2.05, 4.69) is 18.4 Å². The highest BCUT2D eigenvalue weighted by atomic mass is 16.5. The van der Waals surface area contributed by atoms with Crippen molar-refractivity contribution in [2.45, 2.75) is 51.7 Å². The van der Waals surface area contributed by atoms with Crippen LogP contribution < -0.4 is 9.47 Å². The Labute approximate surface area is 208 Å². The molecule has 1 aromatic heterocycles. The minimum Gasteiger partial charge on any atom is -0.497 e. The smallest absolute Gasteiger partial charge is 0.227 e. The number of hydrogen-bond donors (Lipinski definition) is 1. The third-order valence-corrected chi connectivity index (χ3v) is 6.38. The molecular weight excluding hydrogens is 438 g/mol. The predicted octanol–water partition coefficient (Wildman–Crippen LogP) is 5.77. The molecule has 1 fully saturated rings. The van der Waals surface area contributed by atoms with Crippen molar-refractivity contribution < 1.29 is 14.6 Å². The molecule has 3 aromatic rings. The van der Waals surface area contributed by atoms with Gasteiger partial charge in [-0.1, -0.05) is 37.3 Å². The molecule has 1 saturated carbocycles. The molecule has 1 N–H and O–H groups in total. The Balaban J connectivity index is 1.70. The van der Waals surface area contributed by atoms with Crippen molar-refractivity contribution >= 4 is 0 Å². The summed E-state index contributed by atoms with van der Waals surface area (Å²) < 4.78 is 13.8. The summed E-state index contributed by atoms with van der Waals surface area (Å²) in [7, 11) is 1.65. The average Bonchev–Trinajstić information content (AvgIpc) is 3.64. The number of allylic oxidation sites excluding steroid dienone is 1. The Morgan fingerprint density at radius 1 is 1.17 bits per heavy atom. The quantitative estimate of drug-likeness (QED) is 0.300. The number of ether oxygens (including phenoxy) is 2. The van der Waals surface area contributed by atoms with E-state index in [1.165, 1.54) is 12.8 Å². The number of benzene rings is 2. The van der Waals surface area contributed by atoms with E-state index >= 15 is 0 Å². The molecule has 2 aromatic carbocycles. The minimum absolute atomic E-state index is 0.385. The van der Waals surface area contributed by atoms with Gasteiger partial charge in [-0.3, -0.25) is 4.90 Å². The second kappa shape index (κ2) is 12.0. The van der Waals surface area contributed by atoms with Crippen LogP contribution in [0.3, 0.4) is 0 Å². The number of aliphatic hydroxyl groups excluding tert-OH is 1. The molecule has 6 heteroatoms. The molecule has 35 heavy (non-hydrogen) atoms. The highest BCUT2D eigenvalue weighted by molar-refractivity contribution is 5.44. The zero-order valence-electron chi connectivity index (χ0n) is 20.9. The molecule has 1 atom stereocenters.